The van der Waals surface area contributed by atoms with E-state index in [0.29, 0.717) is 6.04 Å². The summed E-state index contributed by atoms with van der Waals surface area (Å²) in [6, 6.07) is 0.651. The zero-order chi connectivity index (χ0) is 14.4. The van der Waals surface area contributed by atoms with Crippen LogP contribution < -0.4 is 5.32 Å². The molecule has 0 amide bonds. The van der Waals surface area contributed by atoms with Gasteiger partial charge >= 0.3 is 0 Å². The minimum Gasteiger partial charge on any atom is -0.392 e. The van der Waals surface area contributed by atoms with Crippen LogP contribution in [-0.2, 0) is 6.54 Å². The summed E-state index contributed by atoms with van der Waals surface area (Å²) in [7, 11) is 0. The highest BCUT2D eigenvalue weighted by Crippen LogP contribution is 2.41. The lowest BCUT2D eigenvalue weighted by atomic mass is 9.64. The van der Waals surface area contributed by atoms with Gasteiger partial charge < -0.3 is 10.4 Å². The smallest absolute Gasteiger partial charge is 0.0644 e. The van der Waals surface area contributed by atoms with Crippen molar-refractivity contribution >= 4 is 0 Å². The van der Waals surface area contributed by atoms with Crippen LogP contribution in [0, 0.1) is 19.3 Å². The third-order valence-corrected chi connectivity index (χ3v) is 4.84. The van der Waals surface area contributed by atoms with Gasteiger partial charge in [-0.1, -0.05) is 13.8 Å². The van der Waals surface area contributed by atoms with E-state index in [-0.39, 0.29) is 17.6 Å². The Kier molecular flexibility index (Phi) is 3.76. The van der Waals surface area contributed by atoms with Crippen LogP contribution >= 0.6 is 0 Å². The lowest BCUT2D eigenvalue weighted by Crippen LogP contribution is -2.60. The molecule has 1 saturated carbocycles. The van der Waals surface area contributed by atoms with Crippen molar-refractivity contribution in [2.45, 2.75) is 72.7 Å². The Labute approximate surface area is 116 Å². The Morgan fingerprint density at radius 3 is 2.53 bits per heavy atom. The second-order valence-electron chi connectivity index (χ2n) is 6.41. The van der Waals surface area contributed by atoms with E-state index in [1.807, 2.05) is 0 Å². The molecule has 4 nitrogen and oxygen atoms in total. The number of aliphatic hydroxyl groups excluding tert-OH is 1. The van der Waals surface area contributed by atoms with E-state index in [1.165, 1.54) is 11.3 Å². The fourth-order valence-corrected chi connectivity index (χ4v) is 3.22. The van der Waals surface area contributed by atoms with Gasteiger partial charge in [0.2, 0.25) is 0 Å². The molecule has 0 bridgehead atoms. The molecule has 2 N–H and O–H groups in total. The number of aryl methyl sites for hydroxylation is 2. The van der Waals surface area contributed by atoms with Crippen molar-refractivity contribution in [2.24, 2.45) is 5.41 Å². The SMILES string of the molecule is CCn1nc(C)c(C(C)NC2CC(O)C2(C)C)c1C. The summed E-state index contributed by atoms with van der Waals surface area (Å²) in [5.74, 6) is 0. The summed E-state index contributed by atoms with van der Waals surface area (Å²) in [6.45, 7) is 13.7. The molecular weight excluding hydrogens is 238 g/mol. The van der Waals surface area contributed by atoms with Crippen molar-refractivity contribution in [1.82, 2.24) is 15.1 Å². The quantitative estimate of drug-likeness (QED) is 0.878. The number of hydrogen-bond acceptors (Lipinski definition) is 3. The first-order valence-electron chi connectivity index (χ1n) is 7.27. The van der Waals surface area contributed by atoms with Crippen LogP contribution in [0.3, 0.4) is 0 Å². The van der Waals surface area contributed by atoms with Gasteiger partial charge in [0.1, 0.15) is 0 Å². The summed E-state index contributed by atoms with van der Waals surface area (Å²) < 4.78 is 2.06. The maximum Gasteiger partial charge on any atom is 0.0644 e. The van der Waals surface area contributed by atoms with Crippen LogP contribution in [0.2, 0.25) is 0 Å². The second kappa shape index (κ2) is 4.91. The summed E-state index contributed by atoms with van der Waals surface area (Å²) in [5, 5.41) is 18.1. The highest BCUT2D eigenvalue weighted by atomic mass is 16.3. The van der Waals surface area contributed by atoms with E-state index < -0.39 is 0 Å². The average molecular weight is 265 g/mol. The van der Waals surface area contributed by atoms with Crippen molar-refractivity contribution in [2.75, 3.05) is 0 Å². The summed E-state index contributed by atoms with van der Waals surface area (Å²) in [5.41, 5.74) is 3.63. The zero-order valence-electron chi connectivity index (χ0n) is 13.0. The number of aromatic nitrogens is 2. The molecule has 4 heteroatoms. The normalized spacial score (nSPS) is 27.1. The average Bonchev–Trinajstić information content (AvgIpc) is 2.63. The molecule has 2 rings (SSSR count). The summed E-state index contributed by atoms with van der Waals surface area (Å²) >= 11 is 0. The highest BCUT2D eigenvalue weighted by molar-refractivity contribution is 5.28. The van der Waals surface area contributed by atoms with Gasteiger partial charge in [-0.05, 0) is 34.1 Å². The predicted molar refractivity (Wildman–Crippen MR) is 77.1 cm³/mol. The molecule has 1 aliphatic carbocycles. The van der Waals surface area contributed by atoms with Crippen LogP contribution in [0.15, 0.2) is 0 Å². The lowest BCUT2D eigenvalue weighted by molar-refractivity contribution is -0.0755. The maximum atomic E-state index is 9.82. The number of nitrogens with one attached hydrogen (secondary N) is 1. The van der Waals surface area contributed by atoms with Gasteiger partial charge in [-0.2, -0.15) is 5.10 Å². The Morgan fingerprint density at radius 1 is 1.47 bits per heavy atom. The van der Waals surface area contributed by atoms with Crippen LogP contribution in [-0.4, -0.2) is 27.0 Å². The zero-order valence-corrected chi connectivity index (χ0v) is 13.0. The van der Waals surface area contributed by atoms with Crippen molar-refractivity contribution in [3.63, 3.8) is 0 Å². The van der Waals surface area contributed by atoms with E-state index in [1.54, 1.807) is 0 Å². The van der Waals surface area contributed by atoms with Crippen molar-refractivity contribution in [3.05, 3.63) is 17.0 Å². The van der Waals surface area contributed by atoms with Gasteiger partial charge in [-0.3, -0.25) is 4.68 Å². The Bertz CT molecular complexity index is 464. The molecule has 1 aromatic heterocycles. The number of rotatable bonds is 4. The molecule has 1 aromatic rings. The van der Waals surface area contributed by atoms with E-state index in [2.05, 4.69) is 56.6 Å². The molecular formula is C15H27N3O. The third kappa shape index (κ3) is 2.32. The first kappa shape index (κ1) is 14.5. The predicted octanol–water partition coefficient (Wildman–Crippen LogP) is 2.33. The molecule has 3 atom stereocenters. The number of aliphatic hydroxyl groups is 1. The molecule has 3 unspecified atom stereocenters. The van der Waals surface area contributed by atoms with Crippen molar-refractivity contribution in [1.29, 1.82) is 0 Å². The molecule has 0 aromatic carbocycles. The van der Waals surface area contributed by atoms with E-state index >= 15 is 0 Å². The fraction of sp³-hybridized carbons (Fsp3) is 0.800. The van der Waals surface area contributed by atoms with Crippen LogP contribution in [0.25, 0.3) is 0 Å². The molecule has 0 aliphatic heterocycles. The first-order valence-corrected chi connectivity index (χ1v) is 7.27. The van der Waals surface area contributed by atoms with Crippen LogP contribution in [0.1, 0.15) is 57.1 Å². The van der Waals surface area contributed by atoms with Gasteiger partial charge in [0.15, 0.2) is 0 Å². The minimum atomic E-state index is -0.183. The van der Waals surface area contributed by atoms with Gasteiger partial charge in [0.05, 0.1) is 11.8 Å². The molecule has 108 valence electrons. The van der Waals surface area contributed by atoms with E-state index in [9.17, 15) is 5.11 Å². The number of hydrogen-bond donors (Lipinski definition) is 2. The molecule has 1 aliphatic rings. The Balaban J connectivity index is 2.13. The molecule has 0 radical (unpaired) electrons. The van der Waals surface area contributed by atoms with Crippen molar-refractivity contribution in [3.8, 4) is 0 Å². The van der Waals surface area contributed by atoms with Gasteiger partial charge in [0, 0.05) is 35.3 Å². The second-order valence-corrected chi connectivity index (χ2v) is 6.41. The lowest BCUT2D eigenvalue weighted by Gasteiger charge is -2.50. The molecule has 1 fully saturated rings. The van der Waals surface area contributed by atoms with Crippen LogP contribution in [0.4, 0.5) is 0 Å². The fourth-order valence-electron chi connectivity index (χ4n) is 3.22. The Hall–Kier alpha value is -0.870. The van der Waals surface area contributed by atoms with E-state index in [0.717, 1.165) is 18.7 Å². The Morgan fingerprint density at radius 2 is 2.11 bits per heavy atom. The van der Waals surface area contributed by atoms with Crippen molar-refractivity contribution < 1.29 is 5.11 Å². The van der Waals surface area contributed by atoms with Gasteiger partial charge in [-0.15, -0.1) is 0 Å². The highest BCUT2D eigenvalue weighted by Gasteiger charge is 2.47. The van der Waals surface area contributed by atoms with Gasteiger partial charge in [-0.25, -0.2) is 0 Å². The number of nitrogens with zero attached hydrogens (tertiary/aromatic N) is 2. The largest absolute Gasteiger partial charge is 0.392 e. The van der Waals surface area contributed by atoms with E-state index in [4.69, 9.17) is 0 Å². The topological polar surface area (TPSA) is 50.1 Å². The molecule has 0 saturated heterocycles. The summed E-state index contributed by atoms with van der Waals surface area (Å²) in [6.07, 6.45) is 0.662. The molecule has 1 heterocycles. The minimum absolute atomic E-state index is 0.0309. The monoisotopic (exact) mass is 265 g/mol. The summed E-state index contributed by atoms with van der Waals surface area (Å²) in [4.78, 5) is 0. The van der Waals surface area contributed by atoms with Gasteiger partial charge in [0.25, 0.3) is 0 Å². The molecule has 19 heavy (non-hydrogen) atoms. The first-order chi connectivity index (χ1) is 8.78. The maximum absolute atomic E-state index is 9.82. The van der Waals surface area contributed by atoms with Crippen LogP contribution in [0.5, 0.6) is 0 Å². The molecule has 0 spiro atoms. The third-order valence-electron chi connectivity index (χ3n) is 4.84. The standard InChI is InChI=1S/C15H27N3O/c1-7-18-11(4)14(10(3)17-18)9(2)16-12-8-13(19)15(12,5)6/h9,12-13,16,19H,7-8H2,1-6H3.